The van der Waals surface area contributed by atoms with Gasteiger partial charge in [0.25, 0.3) is 0 Å². The number of hydrogen-bond acceptors (Lipinski definition) is 1. The van der Waals surface area contributed by atoms with Crippen molar-refractivity contribution in [3.05, 3.63) is 23.0 Å². The predicted molar refractivity (Wildman–Crippen MR) is 52.1 cm³/mol. The van der Waals surface area contributed by atoms with Gasteiger partial charge in [0.05, 0.1) is 5.69 Å². The highest BCUT2D eigenvalue weighted by Gasteiger charge is 2.20. The fourth-order valence-electron chi connectivity index (χ4n) is 2.13. The first-order valence-electron chi connectivity index (χ1n) is 4.96. The lowest BCUT2D eigenvalue weighted by Gasteiger charge is -2.02. The highest BCUT2D eigenvalue weighted by atomic mass is 16.1. The van der Waals surface area contributed by atoms with Crippen LogP contribution < -0.4 is 0 Å². The van der Waals surface area contributed by atoms with Crippen LogP contribution in [0.4, 0.5) is 0 Å². The molecule has 2 nitrogen and oxygen atoms in total. The quantitative estimate of drug-likeness (QED) is 0.635. The van der Waals surface area contributed by atoms with Crippen LogP contribution >= 0.6 is 0 Å². The maximum absolute atomic E-state index is 11.6. The van der Waals surface area contributed by atoms with Crippen molar-refractivity contribution in [2.24, 2.45) is 0 Å². The van der Waals surface area contributed by atoms with Crippen LogP contribution in [0, 0.1) is 6.92 Å². The Morgan fingerprint density at radius 2 is 2.38 bits per heavy atom. The number of ketones is 1. The van der Waals surface area contributed by atoms with Crippen LogP contribution in [-0.2, 0) is 13.0 Å². The maximum Gasteiger partial charge on any atom is 0.178 e. The number of Topliss-reactive ketones (excluding diaryl/α,β-unsaturated/α-hetero) is 1. The fourth-order valence-corrected chi connectivity index (χ4v) is 2.13. The Kier molecular flexibility index (Phi) is 1.98. The molecule has 1 aliphatic rings. The zero-order valence-corrected chi connectivity index (χ0v) is 8.26. The second-order valence-corrected chi connectivity index (χ2v) is 3.69. The van der Waals surface area contributed by atoms with E-state index in [0.717, 1.165) is 18.7 Å². The normalized spacial score (nSPS) is 14.6. The van der Waals surface area contributed by atoms with Crippen molar-refractivity contribution in [1.82, 2.24) is 4.57 Å². The van der Waals surface area contributed by atoms with Crippen molar-refractivity contribution in [1.29, 1.82) is 0 Å². The summed E-state index contributed by atoms with van der Waals surface area (Å²) in [5, 5.41) is 0. The molecule has 2 heteroatoms. The molecule has 0 saturated carbocycles. The van der Waals surface area contributed by atoms with Gasteiger partial charge in [-0.15, -0.1) is 0 Å². The second kappa shape index (κ2) is 3.02. The summed E-state index contributed by atoms with van der Waals surface area (Å²) < 4.78 is 2.20. The molecule has 0 aromatic carbocycles. The molecular formula is C11H15NO. The molecule has 0 radical (unpaired) electrons. The number of aromatic nitrogens is 1. The third-order valence-corrected chi connectivity index (χ3v) is 2.83. The van der Waals surface area contributed by atoms with Crippen LogP contribution in [0.15, 0.2) is 6.07 Å². The Labute approximate surface area is 78.6 Å². The van der Waals surface area contributed by atoms with E-state index in [9.17, 15) is 4.79 Å². The SMILES string of the molecule is CCC(=O)c1cc(C)c2n1CCC2. The van der Waals surface area contributed by atoms with Gasteiger partial charge in [-0.2, -0.15) is 0 Å². The van der Waals surface area contributed by atoms with E-state index in [-0.39, 0.29) is 5.78 Å². The highest BCUT2D eigenvalue weighted by molar-refractivity contribution is 5.95. The summed E-state index contributed by atoms with van der Waals surface area (Å²) in [7, 11) is 0. The van der Waals surface area contributed by atoms with Crippen molar-refractivity contribution >= 4 is 5.78 Å². The lowest BCUT2D eigenvalue weighted by molar-refractivity contribution is 0.0979. The number of carbonyl (C=O) groups is 1. The minimum atomic E-state index is 0.274. The van der Waals surface area contributed by atoms with Gasteiger partial charge >= 0.3 is 0 Å². The molecule has 0 aliphatic carbocycles. The third-order valence-electron chi connectivity index (χ3n) is 2.83. The van der Waals surface area contributed by atoms with E-state index in [0.29, 0.717) is 6.42 Å². The molecular weight excluding hydrogens is 162 g/mol. The van der Waals surface area contributed by atoms with E-state index in [1.807, 2.05) is 13.0 Å². The van der Waals surface area contributed by atoms with Gasteiger partial charge in [0.1, 0.15) is 0 Å². The van der Waals surface area contributed by atoms with E-state index in [4.69, 9.17) is 0 Å². The summed E-state index contributed by atoms with van der Waals surface area (Å²) in [4.78, 5) is 11.6. The van der Waals surface area contributed by atoms with Crippen LogP contribution in [-0.4, -0.2) is 10.4 Å². The monoisotopic (exact) mass is 177 g/mol. The lowest BCUT2D eigenvalue weighted by Crippen LogP contribution is -2.05. The average molecular weight is 177 g/mol. The van der Waals surface area contributed by atoms with Gasteiger partial charge in [-0.3, -0.25) is 4.79 Å². The van der Waals surface area contributed by atoms with Gasteiger partial charge in [0.2, 0.25) is 0 Å². The molecule has 1 aromatic rings. The highest BCUT2D eigenvalue weighted by Crippen LogP contribution is 2.24. The first-order valence-corrected chi connectivity index (χ1v) is 4.96. The molecule has 0 atom stereocenters. The fraction of sp³-hybridized carbons (Fsp3) is 0.545. The molecule has 0 spiro atoms. The first kappa shape index (κ1) is 8.54. The van der Waals surface area contributed by atoms with Crippen LogP contribution in [0.2, 0.25) is 0 Å². The molecule has 1 aromatic heterocycles. The smallest absolute Gasteiger partial charge is 0.178 e. The molecule has 0 fully saturated rings. The number of fused-ring (bicyclic) bond motifs is 1. The Balaban J connectivity index is 2.48. The average Bonchev–Trinajstić information content (AvgIpc) is 2.68. The Morgan fingerprint density at radius 1 is 1.62 bits per heavy atom. The molecule has 2 heterocycles. The van der Waals surface area contributed by atoms with Gasteiger partial charge in [0, 0.05) is 18.7 Å². The van der Waals surface area contributed by atoms with E-state index < -0.39 is 0 Å². The van der Waals surface area contributed by atoms with Crippen LogP contribution in [0.25, 0.3) is 0 Å². The van der Waals surface area contributed by atoms with Crippen molar-refractivity contribution in [2.45, 2.75) is 39.7 Å². The van der Waals surface area contributed by atoms with E-state index in [2.05, 4.69) is 11.5 Å². The zero-order valence-electron chi connectivity index (χ0n) is 8.26. The Hall–Kier alpha value is -1.05. The van der Waals surface area contributed by atoms with Gasteiger partial charge < -0.3 is 4.57 Å². The minimum Gasteiger partial charge on any atom is -0.342 e. The van der Waals surface area contributed by atoms with Crippen molar-refractivity contribution in [3.8, 4) is 0 Å². The van der Waals surface area contributed by atoms with E-state index >= 15 is 0 Å². The zero-order chi connectivity index (χ0) is 9.42. The number of nitrogens with zero attached hydrogens (tertiary/aromatic N) is 1. The number of aryl methyl sites for hydroxylation is 1. The van der Waals surface area contributed by atoms with Crippen molar-refractivity contribution < 1.29 is 4.79 Å². The number of hydrogen-bond donors (Lipinski definition) is 0. The summed E-state index contributed by atoms with van der Waals surface area (Å²) in [5.41, 5.74) is 3.58. The van der Waals surface area contributed by atoms with E-state index in [1.54, 1.807) is 0 Å². The Bertz CT molecular complexity index is 349. The van der Waals surface area contributed by atoms with Crippen molar-refractivity contribution in [3.63, 3.8) is 0 Å². The van der Waals surface area contributed by atoms with Gasteiger partial charge in [-0.05, 0) is 31.4 Å². The summed E-state index contributed by atoms with van der Waals surface area (Å²) >= 11 is 0. The predicted octanol–water partition coefficient (Wildman–Crippen LogP) is 2.34. The standard InChI is InChI=1S/C11H15NO/c1-3-11(13)10-7-8(2)9-5-4-6-12(9)10/h7H,3-6H2,1-2H3. The summed E-state index contributed by atoms with van der Waals surface area (Å²) in [6.07, 6.45) is 2.95. The van der Waals surface area contributed by atoms with Crippen LogP contribution in [0.1, 0.15) is 41.5 Å². The second-order valence-electron chi connectivity index (χ2n) is 3.69. The maximum atomic E-state index is 11.6. The summed E-state index contributed by atoms with van der Waals surface area (Å²) in [6.45, 7) is 5.06. The largest absolute Gasteiger partial charge is 0.342 e. The molecule has 0 unspecified atom stereocenters. The molecule has 70 valence electrons. The molecule has 1 aliphatic heterocycles. The number of carbonyl (C=O) groups excluding carboxylic acids is 1. The molecule has 0 N–H and O–H groups in total. The third kappa shape index (κ3) is 1.21. The molecule has 2 rings (SSSR count). The van der Waals surface area contributed by atoms with Crippen LogP contribution in [0.3, 0.4) is 0 Å². The van der Waals surface area contributed by atoms with E-state index in [1.165, 1.54) is 17.7 Å². The van der Waals surface area contributed by atoms with Gasteiger partial charge in [0.15, 0.2) is 5.78 Å². The van der Waals surface area contributed by atoms with Gasteiger partial charge in [-0.25, -0.2) is 0 Å². The number of rotatable bonds is 2. The minimum absolute atomic E-state index is 0.274. The molecule has 13 heavy (non-hydrogen) atoms. The topological polar surface area (TPSA) is 22.0 Å². The molecule has 0 amide bonds. The Morgan fingerprint density at radius 3 is 3.08 bits per heavy atom. The first-order chi connectivity index (χ1) is 6.24. The summed E-state index contributed by atoms with van der Waals surface area (Å²) in [5.74, 6) is 0.274. The van der Waals surface area contributed by atoms with Crippen LogP contribution in [0.5, 0.6) is 0 Å². The lowest BCUT2D eigenvalue weighted by atomic mass is 10.2. The van der Waals surface area contributed by atoms with Crippen molar-refractivity contribution in [2.75, 3.05) is 0 Å². The van der Waals surface area contributed by atoms with Gasteiger partial charge in [-0.1, -0.05) is 6.92 Å². The summed E-state index contributed by atoms with van der Waals surface area (Å²) in [6, 6.07) is 2.04. The molecule has 0 bridgehead atoms. The molecule has 0 saturated heterocycles.